The molecule has 1 aromatic carbocycles. The SMILES string of the molecule is C=CCn1c(SCC(=O)c2ccc3[nH]c(=O)oc3c2)nnc1C1CCCCC1. The predicted molar refractivity (Wildman–Crippen MR) is 108 cm³/mol. The number of hydrogen-bond acceptors (Lipinski definition) is 6. The fraction of sp³-hybridized carbons (Fsp3) is 0.400. The molecule has 146 valence electrons. The molecule has 1 N–H and O–H groups in total. The van der Waals surface area contributed by atoms with Crippen LogP contribution in [-0.4, -0.2) is 31.3 Å². The summed E-state index contributed by atoms with van der Waals surface area (Å²) in [6.07, 6.45) is 7.85. The summed E-state index contributed by atoms with van der Waals surface area (Å²) in [5, 5.41) is 9.51. The quantitative estimate of drug-likeness (QED) is 0.368. The normalized spacial score (nSPS) is 15.1. The molecule has 2 aromatic heterocycles. The van der Waals surface area contributed by atoms with E-state index in [4.69, 9.17) is 4.42 Å². The molecule has 0 amide bonds. The molecule has 1 fully saturated rings. The smallest absolute Gasteiger partial charge is 0.408 e. The molecule has 0 aliphatic heterocycles. The average Bonchev–Trinajstić information content (AvgIpc) is 3.28. The molecule has 1 aliphatic rings. The van der Waals surface area contributed by atoms with E-state index < -0.39 is 5.76 Å². The number of rotatable bonds is 7. The topological polar surface area (TPSA) is 93.8 Å². The van der Waals surface area contributed by atoms with Gasteiger partial charge in [-0.3, -0.25) is 9.78 Å². The third kappa shape index (κ3) is 3.82. The minimum Gasteiger partial charge on any atom is -0.408 e. The van der Waals surface area contributed by atoms with E-state index in [9.17, 15) is 9.59 Å². The number of thioether (sulfide) groups is 1. The number of aromatic amines is 1. The summed E-state index contributed by atoms with van der Waals surface area (Å²) in [4.78, 5) is 26.5. The second-order valence-electron chi connectivity index (χ2n) is 7.01. The summed E-state index contributed by atoms with van der Waals surface area (Å²) in [6.45, 7) is 4.48. The van der Waals surface area contributed by atoms with Crippen LogP contribution in [0.1, 0.15) is 54.2 Å². The van der Waals surface area contributed by atoms with Crippen molar-refractivity contribution in [2.45, 2.75) is 49.7 Å². The van der Waals surface area contributed by atoms with Crippen molar-refractivity contribution < 1.29 is 9.21 Å². The molecule has 0 spiro atoms. The van der Waals surface area contributed by atoms with Gasteiger partial charge in [-0.05, 0) is 31.0 Å². The fourth-order valence-corrected chi connectivity index (χ4v) is 4.55. The van der Waals surface area contributed by atoms with E-state index in [1.54, 1.807) is 18.2 Å². The van der Waals surface area contributed by atoms with Crippen molar-refractivity contribution in [2.24, 2.45) is 0 Å². The molecular formula is C20H22N4O3S. The van der Waals surface area contributed by atoms with E-state index in [-0.39, 0.29) is 11.5 Å². The first-order valence-electron chi connectivity index (χ1n) is 9.48. The number of nitrogens with zero attached hydrogens (tertiary/aromatic N) is 3. The van der Waals surface area contributed by atoms with Gasteiger partial charge in [0.2, 0.25) is 0 Å². The Labute approximate surface area is 166 Å². The van der Waals surface area contributed by atoms with Gasteiger partial charge < -0.3 is 8.98 Å². The zero-order chi connectivity index (χ0) is 19.5. The Kier molecular flexibility index (Phi) is 5.47. The van der Waals surface area contributed by atoms with Crippen LogP contribution in [0.2, 0.25) is 0 Å². The van der Waals surface area contributed by atoms with Crippen LogP contribution >= 0.6 is 11.8 Å². The third-order valence-electron chi connectivity index (χ3n) is 5.10. The lowest BCUT2D eigenvalue weighted by Gasteiger charge is -2.21. The molecule has 4 rings (SSSR count). The Morgan fingerprint density at radius 2 is 2.14 bits per heavy atom. The number of hydrogen-bond donors (Lipinski definition) is 1. The first kappa shape index (κ1) is 18.7. The standard InChI is InChI=1S/C20H22N4O3S/c1-2-10-24-18(13-6-4-3-5-7-13)22-23-19(24)28-12-16(25)14-8-9-15-17(11-14)27-20(26)21-15/h2,8-9,11,13H,1,3-7,10,12H2,(H,21,26). The van der Waals surface area contributed by atoms with Crippen LogP contribution in [0.15, 0.2) is 45.2 Å². The van der Waals surface area contributed by atoms with Gasteiger partial charge in [0.15, 0.2) is 16.5 Å². The van der Waals surface area contributed by atoms with Gasteiger partial charge in [0.05, 0.1) is 11.3 Å². The highest BCUT2D eigenvalue weighted by molar-refractivity contribution is 7.99. The first-order valence-corrected chi connectivity index (χ1v) is 10.5. The fourth-order valence-electron chi connectivity index (χ4n) is 3.70. The van der Waals surface area contributed by atoms with Gasteiger partial charge in [-0.25, -0.2) is 4.79 Å². The number of oxazole rings is 1. The number of aromatic nitrogens is 4. The highest BCUT2D eigenvalue weighted by Crippen LogP contribution is 2.33. The van der Waals surface area contributed by atoms with Crippen molar-refractivity contribution in [3.63, 3.8) is 0 Å². The summed E-state index contributed by atoms with van der Waals surface area (Å²) >= 11 is 1.38. The van der Waals surface area contributed by atoms with Gasteiger partial charge in [-0.2, -0.15) is 0 Å². The van der Waals surface area contributed by atoms with E-state index in [1.807, 2.05) is 6.08 Å². The molecule has 0 radical (unpaired) electrons. The maximum Gasteiger partial charge on any atom is 0.417 e. The van der Waals surface area contributed by atoms with E-state index >= 15 is 0 Å². The number of Topliss-reactive ketones (excluding diaryl/α,β-unsaturated/α-hetero) is 1. The summed E-state index contributed by atoms with van der Waals surface area (Å²) in [6, 6.07) is 4.97. The van der Waals surface area contributed by atoms with Crippen LogP contribution in [0.4, 0.5) is 0 Å². The Bertz CT molecular complexity index is 1060. The lowest BCUT2D eigenvalue weighted by atomic mass is 9.89. The van der Waals surface area contributed by atoms with Crippen LogP contribution < -0.4 is 5.76 Å². The maximum absolute atomic E-state index is 12.6. The number of allylic oxidation sites excluding steroid dienone is 1. The number of nitrogens with one attached hydrogen (secondary N) is 1. The number of fused-ring (bicyclic) bond motifs is 1. The highest BCUT2D eigenvalue weighted by Gasteiger charge is 2.23. The molecule has 1 aliphatic carbocycles. The zero-order valence-corrected chi connectivity index (χ0v) is 16.3. The largest absolute Gasteiger partial charge is 0.417 e. The van der Waals surface area contributed by atoms with Crippen LogP contribution in [-0.2, 0) is 6.54 Å². The summed E-state index contributed by atoms with van der Waals surface area (Å²) in [5.41, 5.74) is 1.47. The van der Waals surface area contributed by atoms with Crippen LogP contribution in [0.25, 0.3) is 11.1 Å². The molecule has 2 heterocycles. The zero-order valence-electron chi connectivity index (χ0n) is 15.5. The van der Waals surface area contributed by atoms with Crippen LogP contribution in [0.3, 0.4) is 0 Å². The van der Waals surface area contributed by atoms with Gasteiger partial charge in [-0.15, -0.1) is 16.8 Å². The van der Waals surface area contributed by atoms with E-state index in [0.717, 1.165) is 23.8 Å². The molecular weight excluding hydrogens is 376 g/mol. The van der Waals surface area contributed by atoms with Crippen molar-refractivity contribution in [3.05, 3.63) is 52.8 Å². The Balaban J connectivity index is 1.50. The maximum atomic E-state index is 12.6. The van der Waals surface area contributed by atoms with Crippen LogP contribution in [0, 0.1) is 0 Å². The van der Waals surface area contributed by atoms with Crippen LogP contribution in [0.5, 0.6) is 0 Å². The van der Waals surface area contributed by atoms with E-state index in [0.29, 0.717) is 29.1 Å². The van der Waals surface area contributed by atoms with E-state index in [2.05, 4.69) is 26.3 Å². The molecule has 0 saturated heterocycles. The number of ketones is 1. The summed E-state index contributed by atoms with van der Waals surface area (Å²) in [7, 11) is 0. The van der Waals surface area contributed by atoms with Crippen molar-refractivity contribution in [1.29, 1.82) is 0 Å². The number of carbonyl (C=O) groups excluding carboxylic acids is 1. The molecule has 8 heteroatoms. The Morgan fingerprint density at radius 3 is 2.93 bits per heavy atom. The molecule has 0 atom stereocenters. The van der Waals surface area contributed by atoms with Crippen molar-refractivity contribution in [2.75, 3.05) is 5.75 Å². The molecule has 1 saturated carbocycles. The number of H-pyrrole nitrogens is 1. The number of carbonyl (C=O) groups is 1. The monoisotopic (exact) mass is 398 g/mol. The predicted octanol–water partition coefficient (Wildman–Crippen LogP) is 3.92. The molecule has 0 bridgehead atoms. The van der Waals surface area contributed by atoms with Crippen molar-refractivity contribution in [1.82, 2.24) is 19.7 Å². The lowest BCUT2D eigenvalue weighted by Crippen LogP contribution is -2.13. The third-order valence-corrected chi connectivity index (χ3v) is 6.07. The first-order chi connectivity index (χ1) is 13.7. The molecule has 0 unspecified atom stereocenters. The van der Waals surface area contributed by atoms with Gasteiger partial charge in [0.1, 0.15) is 5.82 Å². The Hall–Kier alpha value is -2.61. The van der Waals surface area contributed by atoms with Crippen molar-refractivity contribution >= 4 is 28.6 Å². The van der Waals surface area contributed by atoms with Gasteiger partial charge in [0.25, 0.3) is 0 Å². The van der Waals surface area contributed by atoms with Crippen molar-refractivity contribution in [3.8, 4) is 0 Å². The van der Waals surface area contributed by atoms with E-state index in [1.165, 1.54) is 31.0 Å². The molecule has 3 aromatic rings. The van der Waals surface area contributed by atoms with Gasteiger partial charge in [0, 0.05) is 18.0 Å². The summed E-state index contributed by atoms with van der Waals surface area (Å²) in [5.74, 6) is 1.10. The average molecular weight is 398 g/mol. The minimum atomic E-state index is -0.526. The minimum absolute atomic E-state index is 0.0527. The lowest BCUT2D eigenvalue weighted by molar-refractivity contribution is 0.102. The highest BCUT2D eigenvalue weighted by atomic mass is 32.2. The molecule has 28 heavy (non-hydrogen) atoms. The second-order valence-corrected chi connectivity index (χ2v) is 7.95. The van der Waals surface area contributed by atoms with Gasteiger partial charge >= 0.3 is 5.76 Å². The second kappa shape index (κ2) is 8.18. The van der Waals surface area contributed by atoms with Gasteiger partial charge in [-0.1, -0.05) is 37.1 Å². The molecule has 7 nitrogen and oxygen atoms in total. The Morgan fingerprint density at radius 1 is 1.32 bits per heavy atom. The number of benzene rings is 1. The summed E-state index contributed by atoms with van der Waals surface area (Å²) < 4.78 is 7.11.